The van der Waals surface area contributed by atoms with Gasteiger partial charge in [-0.3, -0.25) is 4.79 Å². The Labute approximate surface area is 166 Å². The molecule has 8 heteroatoms. The molecule has 2 N–H and O–H groups in total. The number of ether oxygens (including phenoxy) is 1. The average Bonchev–Trinajstić information content (AvgIpc) is 3.23. The third-order valence-corrected chi connectivity index (χ3v) is 6.60. The smallest absolute Gasteiger partial charge is 0.222 e. The zero-order chi connectivity index (χ0) is 20.4. The van der Waals surface area contributed by atoms with E-state index in [-0.39, 0.29) is 29.7 Å². The molecule has 1 aromatic carbocycles. The van der Waals surface area contributed by atoms with Crippen molar-refractivity contribution in [2.45, 2.75) is 43.4 Å². The number of nitrogens with two attached hydrogens (primary N) is 1. The number of rotatable bonds is 11. The summed E-state index contributed by atoms with van der Waals surface area (Å²) < 4.78 is 42.7. The minimum absolute atomic E-state index is 0.0231. The molecule has 1 aromatic rings. The van der Waals surface area contributed by atoms with Crippen LogP contribution < -0.4 is 10.5 Å². The van der Waals surface area contributed by atoms with Crippen LogP contribution in [0.2, 0.25) is 0 Å². The lowest BCUT2D eigenvalue weighted by Crippen LogP contribution is -2.27. The van der Waals surface area contributed by atoms with Gasteiger partial charge in [0.1, 0.15) is 12.4 Å². The number of carbonyl (C=O) groups is 1. The van der Waals surface area contributed by atoms with E-state index in [2.05, 4.69) is 0 Å². The summed E-state index contributed by atoms with van der Waals surface area (Å²) in [4.78, 5) is 14.1. The van der Waals surface area contributed by atoms with E-state index in [1.807, 2.05) is 4.90 Å². The Kier molecular flexibility index (Phi) is 8.92. The number of amides is 1. The highest BCUT2D eigenvalue weighted by atomic mass is 32.2. The third-order valence-electron chi connectivity index (χ3n) is 4.79. The Bertz CT molecular complexity index is 757. The van der Waals surface area contributed by atoms with Crippen molar-refractivity contribution in [2.75, 3.05) is 32.0 Å². The van der Waals surface area contributed by atoms with Gasteiger partial charge in [-0.05, 0) is 49.9 Å². The van der Waals surface area contributed by atoms with Crippen LogP contribution in [0.25, 0.3) is 0 Å². The zero-order valence-electron chi connectivity index (χ0n) is 16.1. The molecule has 2 rings (SSSR count). The highest BCUT2D eigenvalue weighted by Crippen LogP contribution is 2.19. The number of sulfone groups is 1. The van der Waals surface area contributed by atoms with Crippen LogP contribution in [0.4, 0.5) is 4.39 Å². The van der Waals surface area contributed by atoms with Crippen molar-refractivity contribution in [3.63, 3.8) is 0 Å². The maximum atomic E-state index is 12.5. The molecule has 0 unspecified atom stereocenters. The molecule has 0 radical (unpaired) electrons. The fraction of sp³-hybridized carbons (Fsp3) is 0.550. The quantitative estimate of drug-likeness (QED) is 0.565. The van der Waals surface area contributed by atoms with E-state index in [9.17, 15) is 17.6 Å². The number of halogens is 1. The third kappa shape index (κ3) is 6.91. The van der Waals surface area contributed by atoms with Gasteiger partial charge >= 0.3 is 0 Å². The van der Waals surface area contributed by atoms with Crippen molar-refractivity contribution >= 4 is 15.7 Å². The van der Waals surface area contributed by atoms with Gasteiger partial charge in [-0.15, -0.1) is 0 Å². The molecule has 156 valence electrons. The molecule has 1 aliphatic heterocycles. The summed E-state index contributed by atoms with van der Waals surface area (Å²) in [5, 5.41) is 0. The lowest BCUT2D eigenvalue weighted by molar-refractivity contribution is -0.130. The summed E-state index contributed by atoms with van der Waals surface area (Å²) in [5.41, 5.74) is 5.68. The first-order valence-corrected chi connectivity index (χ1v) is 11.3. The molecule has 0 aromatic heterocycles. The molecule has 0 aliphatic carbocycles. The van der Waals surface area contributed by atoms with Crippen molar-refractivity contribution in [1.29, 1.82) is 0 Å². The van der Waals surface area contributed by atoms with Crippen LogP contribution in [0.15, 0.2) is 41.1 Å². The summed E-state index contributed by atoms with van der Waals surface area (Å²) >= 11 is 0. The number of hydrogen-bond acceptors (Lipinski definition) is 5. The van der Waals surface area contributed by atoms with Gasteiger partial charge in [-0.25, -0.2) is 12.8 Å². The molecular weight excluding hydrogens is 383 g/mol. The minimum Gasteiger partial charge on any atom is -0.489 e. The van der Waals surface area contributed by atoms with Crippen LogP contribution in [0, 0.1) is 0 Å². The molecule has 1 fully saturated rings. The van der Waals surface area contributed by atoms with Crippen LogP contribution in [0.3, 0.4) is 0 Å². The minimum atomic E-state index is -3.38. The second-order valence-corrected chi connectivity index (χ2v) is 9.06. The van der Waals surface area contributed by atoms with Gasteiger partial charge in [-0.1, -0.05) is 6.42 Å². The van der Waals surface area contributed by atoms with E-state index < -0.39 is 9.84 Å². The zero-order valence-corrected chi connectivity index (χ0v) is 16.9. The normalized spacial score (nSPS) is 15.1. The predicted octanol–water partition coefficient (Wildman–Crippen LogP) is 2.83. The monoisotopic (exact) mass is 412 g/mol. The van der Waals surface area contributed by atoms with Crippen molar-refractivity contribution in [2.24, 2.45) is 5.73 Å². The van der Waals surface area contributed by atoms with E-state index in [0.717, 1.165) is 25.9 Å². The van der Waals surface area contributed by atoms with Gasteiger partial charge in [0.2, 0.25) is 5.91 Å². The predicted molar refractivity (Wildman–Crippen MR) is 107 cm³/mol. The average molecular weight is 413 g/mol. The van der Waals surface area contributed by atoms with Crippen LogP contribution in [-0.4, -0.2) is 51.2 Å². The van der Waals surface area contributed by atoms with Crippen LogP contribution in [0.5, 0.6) is 5.75 Å². The molecule has 0 spiro atoms. The van der Waals surface area contributed by atoms with E-state index in [1.54, 1.807) is 12.1 Å². The topological polar surface area (TPSA) is 89.7 Å². The Hall–Kier alpha value is -1.93. The Morgan fingerprint density at radius 2 is 1.82 bits per heavy atom. The molecular formula is C20H29FN2O4S. The molecule has 0 bridgehead atoms. The maximum absolute atomic E-state index is 12.5. The number of nitrogens with zero attached hydrogens (tertiary/aromatic N) is 1. The summed E-state index contributed by atoms with van der Waals surface area (Å²) in [6.45, 7) is 1.79. The molecule has 0 atom stereocenters. The Morgan fingerprint density at radius 1 is 1.14 bits per heavy atom. The molecule has 1 heterocycles. The van der Waals surface area contributed by atoms with E-state index >= 15 is 0 Å². The summed E-state index contributed by atoms with van der Waals surface area (Å²) in [7, 11) is -3.38. The van der Waals surface area contributed by atoms with Crippen molar-refractivity contribution in [3.8, 4) is 5.75 Å². The van der Waals surface area contributed by atoms with Gasteiger partial charge in [0.05, 0.1) is 17.0 Å². The van der Waals surface area contributed by atoms with Crippen LogP contribution in [0.1, 0.15) is 38.5 Å². The lowest BCUT2D eigenvalue weighted by Gasteiger charge is -2.14. The number of carbonyl (C=O) groups excluding carboxylic acids is 1. The highest BCUT2D eigenvalue weighted by Gasteiger charge is 2.18. The van der Waals surface area contributed by atoms with Gasteiger partial charge < -0.3 is 15.4 Å². The summed E-state index contributed by atoms with van der Waals surface area (Å²) in [6.07, 6.45) is 5.00. The fourth-order valence-electron chi connectivity index (χ4n) is 3.04. The van der Waals surface area contributed by atoms with Crippen molar-refractivity contribution < 1.29 is 22.3 Å². The van der Waals surface area contributed by atoms with E-state index in [1.165, 1.54) is 12.1 Å². The number of hydrogen-bond donors (Lipinski definition) is 1. The molecule has 1 amide bonds. The summed E-state index contributed by atoms with van der Waals surface area (Å²) in [5.74, 6) is 0.677. The number of likely N-dealkylation sites (tertiary alicyclic amines) is 1. The van der Waals surface area contributed by atoms with Crippen LogP contribution in [-0.2, 0) is 14.6 Å². The van der Waals surface area contributed by atoms with E-state index in [0.29, 0.717) is 43.3 Å². The highest BCUT2D eigenvalue weighted by molar-refractivity contribution is 7.91. The molecule has 0 saturated carbocycles. The molecule has 1 aliphatic rings. The van der Waals surface area contributed by atoms with Gasteiger partial charge in [0, 0.05) is 31.6 Å². The van der Waals surface area contributed by atoms with E-state index in [4.69, 9.17) is 10.5 Å². The maximum Gasteiger partial charge on any atom is 0.222 e. The summed E-state index contributed by atoms with van der Waals surface area (Å²) in [6, 6.07) is 6.08. The fourth-order valence-corrected chi connectivity index (χ4v) is 4.41. The first-order valence-electron chi connectivity index (χ1n) is 9.68. The lowest BCUT2D eigenvalue weighted by atomic mass is 10.2. The second-order valence-electron chi connectivity index (χ2n) is 6.95. The number of benzene rings is 1. The van der Waals surface area contributed by atoms with Crippen LogP contribution >= 0.6 is 0 Å². The molecule has 1 saturated heterocycles. The Morgan fingerprint density at radius 3 is 2.43 bits per heavy atom. The van der Waals surface area contributed by atoms with Crippen molar-refractivity contribution in [3.05, 3.63) is 36.2 Å². The Balaban J connectivity index is 1.73. The first kappa shape index (κ1) is 22.4. The molecule has 28 heavy (non-hydrogen) atoms. The SMILES string of the molecule is NC/C(=C\F)COc1ccc(S(=O)(=O)CCCCCC(=O)N2CCCC2)cc1. The van der Waals surface area contributed by atoms with Gasteiger partial charge in [0.15, 0.2) is 9.84 Å². The molecule has 6 nitrogen and oxygen atoms in total. The number of unbranched alkanes of at least 4 members (excludes halogenated alkanes) is 2. The first-order chi connectivity index (χ1) is 13.5. The van der Waals surface area contributed by atoms with Gasteiger partial charge in [-0.2, -0.15) is 0 Å². The second kappa shape index (κ2) is 11.2. The largest absolute Gasteiger partial charge is 0.489 e. The standard InChI is InChI=1S/C20H29FN2O4S/c21-14-17(15-22)16-27-18-7-9-19(10-8-18)28(25,26)13-5-1-2-6-20(24)23-11-3-4-12-23/h7-10,14H,1-6,11-13,15-16,22H2/b17-14+. The van der Waals surface area contributed by atoms with Crippen molar-refractivity contribution in [1.82, 2.24) is 4.90 Å². The van der Waals surface area contributed by atoms with Gasteiger partial charge in [0.25, 0.3) is 0 Å².